The highest BCUT2D eigenvalue weighted by Crippen LogP contribution is 2.21. The van der Waals surface area contributed by atoms with E-state index in [1.54, 1.807) is 31.6 Å². The van der Waals surface area contributed by atoms with E-state index in [1.165, 1.54) is 0 Å². The van der Waals surface area contributed by atoms with Crippen molar-refractivity contribution in [2.24, 2.45) is 0 Å². The maximum absolute atomic E-state index is 12.5. The second-order valence-corrected chi connectivity index (χ2v) is 6.36. The molecule has 0 aliphatic rings. The number of nitrogens with zero attached hydrogens (tertiary/aromatic N) is 3. The van der Waals surface area contributed by atoms with Gasteiger partial charge in [-0.3, -0.25) is 0 Å². The maximum Gasteiger partial charge on any atom is 0.317 e. The Morgan fingerprint density at radius 3 is 2.48 bits per heavy atom. The molecule has 0 saturated carbocycles. The second kappa shape index (κ2) is 8.40. The van der Waals surface area contributed by atoms with E-state index in [2.05, 4.69) is 10.3 Å². The molecule has 27 heavy (non-hydrogen) atoms. The van der Waals surface area contributed by atoms with Crippen LogP contribution in [-0.2, 0) is 6.54 Å². The molecule has 0 fully saturated rings. The van der Waals surface area contributed by atoms with Gasteiger partial charge >= 0.3 is 6.03 Å². The van der Waals surface area contributed by atoms with E-state index in [-0.39, 0.29) is 12.1 Å². The lowest BCUT2D eigenvalue weighted by Gasteiger charge is -2.25. The van der Waals surface area contributed by atoms with Gasteiger partial charge in [0.25, 0.3) is 0 Å². The Morgan fingerprint density at radius 1 is 1.19 bits per heavy atom. The summed E-state index contributed by atoms with van der Waals surface area (Å²) in [6.07, 6.45) is 5.40. The molecule has 1 N–H and O–H groups in total. The fraction of sp³-hybridized carbons (Fsp3) is 0.238. The summed E-state index contributed by atoms with van der Waals surface area (Å²) in [4.78, 5) is 18.2. The zero-order valence-electron chi connectivity index (χ0n) is 15.8. The summed E-state index contributed by atoms with van der Waals surface area (Å²) in [5.41, 5.74) is 3.13. The first-order valence-electron chi connectivity index (χ1n) is 8.80. The van der Waals surface area contributed by atoms with Gasteiger partial charge in [0.2, 0.25) is 0 Å². The molecule has 2 amide bonds. The zero-order chi connectivity index (χ0) is 19.2. The summed E-state index contributed by atoms with van der Waals surface area (Å²) >= 11 is 0. The number of aromatic nitrogens is 2. The van der Waals surface area contributed by atoms with Gasteiger partial charge in [-0.2, -0.15) is 0 Å². The molecule has 0 spiro atoms. The molecule has 1 atom stereocenters. The quantitative estimate of drug-likeness (QED) is 0.724. The molecule has 0 aliphatic carbocycles. The van der Waals surface area contributed by atoms with Crippen molar-refractivity contribution < 1.29 is 9.53 Å². The van der Waals surface area contributed by atoms with Crippen LogP contribution < -0.4 is 10.1 Å². The van der Waals surface area contributed by atoms with E-state index in [4.69, 9.17) is 4.74 Å². The average Bonchev–Trinajstić information content (AvgIpc) is 3.26. The normalized spacial score (nSPS) is 11.7. The molecule has 140 valence electrons. The van der Waals surface area contributed by atoms with Crippen molar-refractivity contribution in [1.29, 1.82) is 0 Å². The van der Waals surface area contributed by atoms with Crippen molar-refractivity contribution in [3.63, 3.8) is 0 Å². The molecule has 6 nitrogen and oxygen atoms in total. The number of carbonyl (C=O) groups excluding carboxylic acids is 1. The first kappa shape index (κ1) is 18.5. The van der Waals surface area contributed by atoms with Gasteiger partial charge in [0, 0.05) is 31.7 Å². The van der Waals surface area contributed by atoms with Crippen molar-refractivity contribution in [2.45, 2.75) is 19.5 Å². The van der Waals surface area contributed by atoms with Crippen LogP contribution in [0.3, 0.4) is 0 Å². The van der Waals surface area contributed by atoms with Crippen LogP contribution in [0.5, 0.6) is 5.75 Å². The fourth-order valence-corrected chi connectivity index (χ4v) is 2.78. The van der Waals surface area contributed by atoms with Crippen molar-refractivity contribution in [3.8, 4) is 11.4 Å². The standard InChI is InChI=1S/C21H24N4O2/c1-16(18-6-10-20(27-3)11-7-18)24(2)21(26)23-14-17-4-8-19(9-5-17)25-13-12-22-15-25/h4-13,15-16H,14H2,1-3H3,(H,23,26). The monoisotopic (exact) mass is 364 g/mol. The van der Waals surface area contributed by atoms with Crippen molar-refractivity contribution in [2.75, 3.05) is 14.2 Å². The van der Waals surface area contributed by atoms with Gasteiger partial charge in [0.05, 0.1) is 19.5 Å². The van der Waals surface area contributed by atoms with Gasteiger partial charge in [-0.15, -0.1) is 0 Å². The third-order valence-corrected chi connectivity index (χ3v) is 4.68. The van der Waals surface area contributed by atoms with Crippen LogP contribution in [0.25, 0.3) is 5.69 Å². The zero-order valence-corrected chi connectivity index (χ0v) is 15.8. The third-order valence-electron chi connectivity index (χ3n) is 4.68. The Bertz CT molecular complexity index is 858. The van der Waals surface area contributed by atoms with Crippen LogP contribution in [0.1, 0.15) is 24.1 Å². The summed E-state index contributed by atoms with van der Waals surface area (Å²) in [5, 5.41) is 2.97. The van der Waals surface area contributed by atoms with Crippen molar-refractivity contribution in [3.05, 3.63) is 78.4 Å². The molecule has 1 aromatic heterocycles. The third kappa shape index (κ3) is 4.47. The highest BCUT2D eigenvalue weighted by Gasteiger charge is 2.17. The summed E-state index contributed by atoms with van der Waals surface area (Å²) in [6, 6.07) is 15.6. The number of imidazole rings is 1. The van der Waals surface area contributed by atoms with E-state index in [9.17, 15) is 4.79 Å². The molecule has 6 heteroatoms. The maximum atomic E-state index is 12.5. The lowest BCUT2D eigenvalue weighted by molar-refractivity contribution is 0.194. The number of hydrogen-bond acceptors (Lipinski definition) is 3. The summed E-state index contributed by atoms with van der Waals surface area (Å²) < 4.78 is 7.12. The van der Waals surface area contributed by atoms with E-state index in [0.29, 0.717) is 6.54 Å². The molecule has 0 aliphatic heterocycles. The van der Waals surface area contributed by atoms with E-state index >= 15 is 0 Å². The molecular formula is C21H24N4O2. The topological polar surface area (TPSA) is 59.4 Å². The lowest BCUT2D eigenvalue weighted by Crippen LogP contribution is -2.38. The smallest absolute Gasteiger partial charge is 0.317 e. The van der Waals surface area contributed by atoms with Gasteiger partial charge in [0.1, 0.15) is 5.75 Å². The number of hydrogen-bond donors (Lipinski definition) is 1. The van der Waals surface area contributed by atoms with Gasteiger partial charge < -0.3 is 19.5 Å². The minimum atomic E-state index is -0.114. The van der Waals surface area contributed by atoms with E-state index in [0.717, 1.165) is 22.6 Å². The van der Waals surface area contributed by atoms with Crippen molar-refractivity contribution in [1.82, 2.24) is 19.8 Å². The summed E-state index contributed by atoms with van der Waals surface area (Å²) in [5.74, 6) is 0.803. The van der Waals surface area contributed by atoms with E-state index in [1.807, 2.05) is 66.2 Å². The molecule has 1 unspecified atom stereocenters. The molecule has 0 saturated heterocycles. The van der Waals surface area contributed by atoms with Crippen LogP contribution in [-0.4, -0.2) is 34.6 Å². The average molecular weight is 364 g/mol. The first-order chi connectivity index (χ1) is 13.1. The number of carbonyl (C=O) groups is 1. The van der Waals surface area contributed by atoms with Crippen LogP contribution in [0.4, 0.5) is 4.79 Å². The fourth-order valence-electron chi connectivity index (χ4n) is 2.78. The minimum Gasteiger partial charge on any atom is -0.497 e. The van der Waals surface area contributed by atoms with Gasteiger partial charge in [-0.1, -0.05) is 24.3 Å². The van der Waals surface area contributed by atoms with Crippen LogP contribution in [0, 0.1) is 0 Å². The van der Waals surface area contributed by atoms with Crippen LogP contribution in [0.15, 0.2) is 67.3 Å². The Hall–Kier alpha value is -3.28. The second-order valence-electron chi connectivity index (χ2n) is 6.36. The molecule has 2 aromatic carbocycles. The Morgan fingerprint density at radius 2 is 1.89 bits per heavy atom. The highest BCUT2D eigenvalue weighted by atomic mass is 16.5. The van der Waals surface area contributed by atoms with Gasteiger partial charge in [-0.05, 0) is 42.3 Å². The number of amides is 2. The summed E-state index contributed by atoms with van der Waals surface area (Å²) in [7, 11) is 3.44. The SMILES string of the molecule is COc1ccc(C(C)N(C)C(=O)NCc2ccc(-n3ccnc3)cc2)cc1. The largest absolute Gasteiger partial charge is 0.497 e. The van der Waals surface area contributed by atoms with Gasteiger partial charge in [0.15, 0.2) is 0 Å². The number of benzene rings is 2. The Labute approximate surface area is 159 Å². The molecule has 3 rings (SSSR count). The van der Waals surface area contributed by atoms with Crippen LogP contribution >= 0.6 is 0 Å². The molecule has 1 heterocycles. The molecule has 3 aromatic rings. The predicted molar refractivity (Wildman–Crippen MR) is 105 cm³/mol. The van der Waals surface area contributed by atoms with Crippen LogP contribution in [0.2, 0.25) is 0 Å². The Kier molecular flexibility index (Phi) is 5.76. The molecule has 0 bridgehead atoms. The number of methoxy groups -OCH3 is 1. The van der Waals surface area contributed by atoms with Gasteiger partial charge in [-0.25, -0.2) is 9.78 Å². The summed E-state index contributed by atoms with van der Waals surface area (Å²) in [6.45, 7) is 2.48. The Balaban J connectivity index is 1.56. The lowest BCUT2D eigenvalue weighted by atomic mass is 10.1. The minimum absolute atomic E-state index is 0.0421. The molecular weight excluding hydrogens is 340 g/mol. The number of urea groups is 1. The van der Waals surface area contributed by atoms with E-state index < -0.39 is 0 Å². The number of nitrogens with one attached hydrogen (secondary N) is 1. The predicted octanol–water partition coefficient (Wildman–Crippen LogP) is 3.78. The number of ether oxygens (including phenoxy) is 1. The highest BCUT2D eigenvalue weighted by molar-refractivity contribution is 5.74. The number of rotatable bonds is 6. The van der Waals surface area contributed by atoms with Crippen molar-refractivity contribution >= 4 is 6.03 Å². The molecule has 0 radical (unpaired) electrons. The first-order valence-corrected chi connectivity index (χ1v) is 8.80.